The van der Waals surface area contributed by atoms with Crippen molar-refractivity contribution in [2.45, 2.75) is 45.3 Å². The highest BCUT2D eigenvalue weighted by Crippen LogP contribution is 2.25. The molecule has 4 nitrogen and oxygen atoms in total. The minimum absolute atomic E-state index is 0.314. The maximum Gasteiger partial charge on any atom is 0.410 e. The Kier molecular flexibility index (Phi) is 5.02. The summed E-state index contributed by atoms with van der Waals surface area (Å²) in [4.78, 5) is 13.4. The Balaban J connectivity index is 2.54. The molecule has 0 aliphatic carbocycles. The number of carbonyl (C=O) groups excluding carboxylic acids is 1. The lowest BCUT2D eigenvalue weighted by Crippen LogP contribution is -2.64. The third kappa shape index (κ3) is 4.60. The molecule has 4 heteroatoms. The molecule has 0 aromatic rings. The van der Waals surface area contributed by atoms with E-state index in [1.165, 1.54) is 0 Å². The second-order valence-corrected chi connectivity index (χ2v) is 5.61. The van der Waals surface area contributed by atoms with Crippen molar-refractivity contribution in [3.05, 3.63) is 12.2 Å². The van der Waals surface area contributed by atoms with E-state index in [-0.39, 0.29) is 6.09 Å². The van der Waals surface area contributed by atoms with Gasteiger partial charge in [0.2, 0.25) is 0 Å². The monoisotopic (exact) mass is 265 g/mol. The van der Waals surface area contributed by atoms with Crippen molar-refractivity contribution in [3.63, 3.8) is 0 Å². The average molecular weight is 265 g/mol. The highest BCUT2D eigenvalue weighted by atomic mass is 16.6. The van der Waals surface area contributed by atoms with Crippen molar-refractivity contribution in [1.82, 2.24) is 4.90 Å². The van der Waals surface area contributed by atoms with Crippen molar-refractivity contribution in [2.24, 2.45) is 0 Å². The summed E-state index contributed by atoms with van der Waals surface area (Å²) in [6.45, 7) is 8.51. The lowest BCUT2D eigenvalue weighted by molar-refractivity contribution is -0.0851. The van der Waals surface area contributed by atoms with Crippen molar-refractivity contribution < 1.29 is 14.3 Å². The van der Waals surface area contributed by atoms with E-state index in [2.05, 4.69) is 18.8 Å². The second kappa shape index (κ2) is 6.12. The summed E-state index contributed by atoms with van der Waals surface area (Å²) in [6.07, 6.45) is 4.45. The Morgan fingerprint density at radius 2 is 2.05 bits per heavy atom. The SMILES string of the molecule is CC/C=C/C#CC1(OC)CN(C(=O)OC(C)(C)C)C1. The molecule has 1 rings (SSSR count). The third-order valence-electron chi connectivity index (χ3n) is 2.67. The molecule has 1 heterocycles. The number of carbonyl (C=O) groups is 1. The van der Waals surface area contributed by atoms with Gasteiger partial charge >= 0.3 is 6.09 Å². The smallest absolute Gasteiger partial charge is 0.410 e. The summed E-state index contributed by atoms with van der Waals surface area (Å²) < 4.78 is 10.7. The Bertz CT molecular complexity index is 403. The van der Waals surface area contributed by atoms with Crippen LogP contribution in [0.5, 0.6) is 0 Å². The largest absolute Gasteiger partial charge is 0.444 e. The van der Waals surface area contributed by atoms with Gasteiger partial charge in [0.1, 0.15) is 5.60 Å². The topological polar surface area (TPSA) is 38.8 Å². The molecule has 0 bridgehead atoms. The fraction of sp³-hybridized carbons (Fsp3) is 0.667. The van der Waals surface area contributed by atoms with E-state index in [0.717, 1.165) is 6.42 Å². The molecule has 106 valence electrons. The second-order valence-electron chi connectivity index (χ2n) is 5.61. The molecular formula is C15H23NO3. The molecule has 0 aromatic heterocycles. The van der Waals surface area contributed by atoms with Crippen LogP contribution in [-0.2, 0) is 9.47 Å². The Hall–Kier alpha value is -1.47. The van der Waals surface area contributed by atoms with Crippen LogP contribution in [0.15, 0.2) is 12.2 Å². The Morgan fingerprint density at radius 1 is 1.42 bits per heavy atom. The van der Waals surface area contributed by atoms with Gasteiger partial charge in [-0.2, -0.15) is 0 Å². The highest BCUT2D eigenvalue weighted by Gasteiger charge is 2.46. The maximum atomic E-state index is 11.8. The molecule has 0 radical (unpaired) electrons. The van der Waals surface area contributed by atoms with Gasteiger partial charge in [0.15, 0.2) is 5.60 Å². The molecule has 0 atom stereocenters. The molecule has 0 N–H and O–H groups in total. The van der Waals surface area contributed by atoms with Gasteiger partial charge in [-0.15, -0.1) is 0 Å². The van der Waals surface area contributed by atoms with E-state index < -0.39 is 11.2 Å². The molecular weight excluding hydrogens is 242 g/mol. The molecule has 0 spiro atoms. The quantitative estimate of drug-likeness (QED) is 0.720. The number of hydrogen-bond donors (Lipinski definition) is 0. The molecule has 1 fully saturated rings. The first-order chi connectivity index (χ1) is 8.82. The van der Waals surface area contributed by atoms with Crippen molar-refractivity contribution in [2.75, 3.05) is 20.2 Å². The predicted molar refractivity (Wildman–Crippen MR) is 74.8 cm³/mol. The number of rotatable bonds is 2. The fourth-order valence-corrected chi connectivity index (χ4v) is 1.64. The van der Waals surface area contributed by atoms with Crippen molar-refractivity contribution in [1.29, 1.82) is 0 Å². The lowest BCUT2D eigenvalue weighted by atomic mass is 9.95. The molecule has 0 unspecified atom stereocenters. The van der Waals surface area contributed by atoms with Gasteiger partial charge in [0.05, 0.1) is 13.1 Å². The number of allylic oxidation sites excluding steroid dienone is 2. The van der Waals surface area contributed by atoms with Crippen LogP contribution in [-0.4, -0.2) is 42.4 Å². The van der Waals surface area contributed by atoms with Gasteiger partial charge in [-0.25, -0.2) is 4.79 Å². The van der Waals surface area contributed by atoms with Crippen LogP contribution >= 0.6 is 0 Å². The first kappa shape index (κ1) is 15.6. The summed E-state index contributed by atoms with van der Waals surface area (Å²) in [5, 5.41) is 0. The normalized spacial score (nSPS) is 17.6. The molecule has 1 aliphatic rings. The zero-order valence-electron chi connectivity index (χ0n) is 12.4. The molecule has 0 aromatic carbocycles. The van der Waals surface area contributed by atoms with Crippen LogP contribution in [0.3, 0.4) is 0 Å². The van der Waals surface area contributed by atoms with Crippen LogP contribution in [0.2, 0.25) is 0 Å². The van der Waals surface area contributed by atoms with E-state index in [9.17, 15) is 4.79 Å². The third-order valence-corrected chi connectivity index (χ3v) is 2.67. The van der Waals surface area contributed by atoms with Crippen LogP contribution in [0.4, 0.5) is 4.79 Å². The van der Waals surface area contributed by atoms with E-state index in [1.807, 2.05) is 32.9 Å². The van der Waals surface area contributed by atoms with Gasteiger partial charge in [0, 0.05) is 7.11 Å². The zero-order chi connectivity index (χ0) is 14.5. The number of nitrogens with zero attached hydrogens (tertiary/aromatic N) is 1. The van der Waals surface area contributed by atoms with Crippen LogP contribution in [0, 0.1) is 11.8 Å². The summed E-state index contributed by atoms with van der Waals surface area (Å²) >= 11 is 0. The number of likely N-dealkylation sites (tertiary alicyclic amines) is 1. The van der Waals surface area contributed by atoms with Gasteiger partial charge < -0.3 is 14.4 Å². The first-order valence-electron chi connectivity index (χ1n) is 6.53. The van der Waals surface area contributed by atoms with Crippen LogP contribution in [0.25, 0.3) is 0 Å². The zero-order valence-corrected chi connectivity index (χ0v) is 12.4. The van der Waals surface area contributed by atoms with Crippen molar-refractivity contribution >= 4 is 6.09 Å². The maximum absolute atomic E-state index is 11.8. The van der Waals surface area contributed by atoms with Gasteiger partial charge in [0.25, 0.3) is 0 Å². The van der Waals surface area contributed by atoms with Crippen molar-refractivity contribution in [3.8, 4) is 11.8 Å². The highest BCUT2D eigenvalue weighted by molar-refractivity contribution is 5.70. The average Bonchev–Trinajstić information content (AvgIpc) is 2.24. The summed E-state index contributed by atoms with van der Waals surface area (Å²) in [6, 6.07) is 0. The fourth-order valence-electron chi connectivity index (χ4n) is 1.64. The van der Waals surface area contributed by atoms with Crippen LogP contribution in [0.1, 0.15) is 34.1 Å². The number of hydrogen-bond acceptors (Lipinski definition) is 3. The summed E-state index contributed by atoms with van der Waals surface area (Å²) in [5.41, 5.74) is -1.02. The number of ether oxygens (including phenoxy) is 2. The predicted octanol–water partition coefficient (Wildman–Crippen LogP) is 2.59. The van der Waals surface area contributed by atoms with E-state index >= 15 is 0 Å². The summed E-state index contributed by atoms with van der Waals surface area (Å²) in [7, 11) is 1.62. The van der Waals surface area contributed by atoms with Gasteiger partial charge in [-0.3, -0.25) is 0 Å². The number of methoxy groups -OCH3 is 1. The molecule has 1 saturated heterocycles. The van der Waals surface area contributed by atoms with Gasteiger partial charge in [-0.1, -0.05) is 24.8 Å². The molecule has 19 heavy (non-hydrogen) atoms. The molecule has 1 amide bonds. The van der Waals surface area contributed by atoms with E-state index in [4.69, 9.17) is 9.47 Å². The number of amides is 1. The Labute approximate surface area is 115 Å². The lowest BCUT2D eigenvalue weighted by Gasteiger charge is -2.45. The van der Waals surface area contributed by atoms with Crippen LogP contribution < -0.4 is 0 Å². The van der Waals surface area contributed by atoms with E-state index in [1.54, 1.807) is 12.0 Å². The standard InChI is InChI=1S/C15H23NO3/c1-6-7-8-9-10-15(18-5)11-16(12-15)13(17)19-14(2,3)4/h7-8H,6,11-12H2,1-5H3/b8-7+. The molecule has 1 aliphatic heterocycles. The minimum Gasteiger partial charge on any atom is -0.444 e. The first-order valence-corrected chi connectivity index (χ1v) is 6.53. The summed E-state index contributed by atoms with van der Waals surface area (Å²) in [5.74, 6) is 6.01. The molecule has 0 saturated carbocycles. The minimum atomic E-state index is -0.547. The Morgan fingerprint density at radius 3 is 2.53 bits per heavy atom. The van der Waals surface area contributed by atoms with Gasteiger partial charge in [-0.05, 0) is 33.3 Å². The van der Waals surface area contributed by atoms with E-state index in [0.29, 0.717) is 13.1 Å².